The standard InChI is InChI=1S/C21H27ClN4O3/c1-21(2,20(28)29)12-26-8-5-13(6-9-26)11-25-19(27)15-10-16(22)17(23)14-4-3-7-24-18(14)15/h3-4,7,10,13H,5-6,8-9,11-12,23H2,1-2H3,(H,25,27)(H,28,29). The molecule has 0 bridgehead atoms. The molecule has 2 heterocycles. The van der Waals surface area contributed by atoms with Crippen LogP contribution in [-0.2, 0) is 4.79 Å². The fourth-order valence-corrected chi connectivity index (χ4v) is 3.93. The SMILES string of the molecule is CC(C)(CN1CCC(CNC(=O)c2cc(Cl)c(N)c3cccnc23)CC1)C(=O)O. The predicted octanol–water partition coefficient (Wildman–Crippen LogP) is 3.02. The first-order valence-electron chi connectivity index (χ1n) is 9.75. The Morgan fingerprint density at radius 3 is 2.72 bits per heavy atom. The van der Waals surface area contributed by atoms with Crippen molar-refractivity contribution in [3.8, 4) is 0 Å². The Labute approximate surface area is 175 Å². The Morgan fingerprint density at radius 1 is 1.38 bits per heavy atom. The number of nitrogens with zero attached hydrogens (tertiary/aromatic N) is 2. The number of benzene rings is 1. The number of aliphatic carboxylic acids is 1. The van der Waals surface area contributed by atoms with Crippen molar-refractivity contribution in [3.05, 3.63) is 35.0 Å². The average Bonchev–Trinajstić information content (AvgIpc) is 2.69. The van der Waals surface area contributed by atoms with Gasteiger partial charge < -0.3 is 21.1 Å². The van der Waals surface area contributed by atoms with Crippen molar-refractivity contribution >= 4 is 40.1 Å². The molecule has 8 heteroatoms. The van der Waals surface area contributed by atoms with Crippen molar-refractivity contribution in [2.24, 2.45) is 11.3 Å². The van der Waals surface area contributed by atoms with Crippen molar-refractivity contribution in [2.75, 3.05) is 31.9 Å². The second-order valence-electron chi connectivity index (χ2n) is 8.34. The molecule has 156 valence electrons. The van der Waals surface area contributed by atoms with Crippen LogP contribution in [0.25, 0.3) is 10.9 Å². The first kappa shape index (κ1) is 21.3. The summed E-state index contributed by atoms with van der Waals surface area (Å²) in [4.78, 5) is 30.6. The minimum Gasteiger partial charge on any atom is -0.481 e. The molecule has 1 aromatic heterocycles. The fourth-order valence-electron chi connectivity index (χ4n) is 3.72. The maximum atomic E-state index is 12.8. The van der Waals surface area contributed by atoms with Gasteiger partial charge in [0.05, 0.1) is 27.2 Å². The van der Waals surface area contributed by atoms with Crippen molar-refractivity contribution in [1.29, 1.82) is 0 Å². The van der Waals surface area contributed by atoms with Crippen LogP contribution in [-0.4, -0.2) is 53.0 Å². The quantitative estimate of drug-likeness (QED) is 0.622. The van der Waals surface area contributed by atoms with Gasteiger partial charge in [-0.3, -0.25) is 14.6 Å². The van der Waals surface area contributed by atoms with Crippen molar-refractivity contribution in [3.63, 3.8) is 0 Å². The van der Waals surface area contributed by atoms with Gasteiger partial charge in [0, 0.05) is 24.7 Å². The van der Waals surface area contributed by atoms with Crippen LogP contribution < -0.4 is 11.1 Å². The Balaban J connectivity index is 1.58. The number of fused-ring (bicyclic) bond motifs is 1. The third-order valence-corrected chi connectivity index (χ3v) is 5.89. The smallest absolute Gasteiger partial charge is 0.310 e. The van der Waals surface area contributed by atoms with Crippen LogP contribution in [0.1, 0.15) is 37.0 Å². The number of pyridine rings is 1. The molecular formula is C21H27ClN4O3. The van der Waals surface area contributed by atoms with Crippen molar-refractivity contribution in [2.45, 2.75) is 26.7 Å². The summed E-state index contributed by atoms with van der Waals surface area (Å²) in [5, 5.41) is 13.3. The molecule has 0 atom stereocenters. The number of nitrogen functional groups attached to an aromatic ring is 1. The molecular weight excluding hydrogens is 392 g/mol. The Kier molecular flexibility index (Phi) is 6.29. The highest BCUT2D eigenvalue weighted by Gasteiger charge is 2.31. The van der Waals surface area contributed by atoms with E-state index in [4.69, 9.17) is 17.3 Å². The number of anilines is 1. The van der Waals surface area contributed by atoms with Gasteiger partial charge in [0.15, 0.2) is 0 Å². The number of nitrogens with one attached hydrogen (secondary N) is 1. The molecule has 0 radical (unpaired) electrons. The van der Waals surface area contributed by atoms with E-state index in [9.17, 15) is 14.7 Å². The molecule has 1 fully saturated rings. The number of hydrogen-bond acceptors (Lipinski definition) is 5. The topological polar surface area (TPSA) is 109 Å². The van der Waals surface area contributed by atoms with Gasteiger partial charge in [-0.25, -0.2) is 0 Å². The zero-order valence-electron chi connectivity index (χ0n) is 16.7. The van der Waals surface area contributed by atoms with Crippen molar-refractivity contribution < 1.29 is 14.7 Å². The highest BCUT2D eigenvalue weighted by molar-refractivity contribution is 6.35. The minimum absolute atomic E-state index is 0.218. The van der Waals surface area contributed by atoms with Crippen LogP contribution in [0.3, 0.4) is 0 Å². The summed E-state index contributed by atoms with van der Waals surface area (Å²) in [7, 11) is 0. The number of carboxylic acids is 1. The highest BCUT2D eigenvalue weighted by Crippen LogP contribution is 2.30. The van der Waals surface area contributed by atoms with Gasteiger partial charge in [0.2, 0.25) is 0 Å². The molecule has 1 aromatic carbocycles. The Morgan fingerprint density at radius 2 is 2.07 bits per heavy atom. The lowest BCUT2D eigenvalue weighted by Gasteiger charge is -2.35. The zero-order valence-corrected chi connectivity index (χ0v) is 17.5. The van der Waals surface area contributed by atoms with Gasteiger partial charge in [0.25, 0.3) is 5.91 Å². The summed E-state index contributed by atoms with van der Waals surface area (Å²) < 4.78 is 0. The summed E-state index contributed by atoms with van der Waals surface area (Å²) >= 11 is 6.20. The van der Waals surface area contributed by atoms with Gasteiger partial charge in [-0.1, -0.05) is 11.6 Å². The van der Waals surface area contributed by atoms with Crippen LogP contribution in [0.15, 0.2) is 24.4 Å². The number of nitrogens with two attached hydrogens (primary N) is 1. The maximum Gasteiger partial charge on any atom is 0.310 e. The average molecular weight is 419 g/mol. The van der Waals surface area contributed by atoms with Gasteiger partial charge in [-0.2, -0.15) is 0 Å². The van der Waals surface area contributed by atoms with E-state index in [0.29, 0.717) is 46.2 Å². The first-order valence-corrected chi connectivity index (χ1v) is 10.1. The van der Waals surface area contributed by atoms with Crippen LogP contribution in [0, 0.1) is 11.3 Å². The Hall–Kier alpha value is -2.38. The summed E-state index contributed by atoms with van der Waals surface area (Å²) in [6, 6.07) is 5.13. The van der Waals surface area contributed by atoms with Crippen LogP contribution >= 0.6 is 11.6 Å². The lowest BCUT2D eigenvalue weighted by Crippen LogP contribution is -2.44. The monoisotopic (exact) mass is 418 g/mol. The van der Waals surface area contributed by atoms with E-state index < -0.39 is 11.4 Å². The summed E-state index contributed by atoms with van der Waals surface area (Å²) in [6.07, 6.45) is 3.45. The van der Waals surface area contributed by atoms with E-state index in [-0.39, 0.29) is 5.91 Å². The molecule has 1 aliphatic rings. The lowest BCUT2D eigenvalue weighted by molar-refractivity contribution is -0.148. The predicted molar refractivity (Wildman–Crippen MR) is 114 cm³/mol. The first-order chi connectivity index (χ1) is 13.7. The summed E-state index contributed by atoms with van der Waals surface area (Å²) in [6.45, 7) is 6.24. The molecule has 29 heavy (non-hydrogen) atoms. The third-order valence-electron chi connectivity index (χ3n) is 5.58. The van der Waals surface area contributed by atoms with E-state index in [1.54, 1.807) is 38.2 Å². The number of amides is 1. The number of piperidine rings is 1. The molecule has 0 saturated carbocycles. The molecule has 4 N–H and O–H groups in total. The molecule has 1 aliphatic heterocycles. The number of carbonyl (C=O) groups excluding carboxylic acids is 1. The van der Waals surface area contributed by atoms with Gasteiger partial charge in [-0.15, -0.1) is 0 Å². The number of likely N-dealkylation sites (tertiary alicyclic amines) is 1. The van der Waals surface area contributed by atoms with E-state index in [1.165, 1.54) is 0 Å². The van der Waals surface area contributed by atoms with Gasteiger partial charge in [0.1, 0.15) is 0 Å². The van der Waals surface area contributed by atoms with E-state index in [0.717, 1.165) is 25.9 Å². The molecule has 1 amide bonds. The molecule has 3 rings (SSSR count). The molecule has 0 aliphatic carbocycles. The molecule has 7 nitrogen and oxygen atoms in total. The summed E-state index contributed by atoms with van der Waals surface area (Å²) in [5.74, 6) is -0.647. The zero-order chi connectivity index (χ0) is 21.2. The van der Waals surface area contributed by atoms with Crippen LogP contribution in [0.5, 0.6) is 0 Å². The number of rotatable bonds is 6. The second-order valence-corrected chi connectivity index (χ2v) is 8.74. The molecule has 2 aromatic rings. The van der Waals surface area contributed by atoms with Crippen LogP contribution in [0.2, 0.25) is 5.02 Å². The molecule has 0 unspecified atom stereocenters. The number of carboxylic acid groups (broad SMARTS) is 1. The normalized spacial score (nSPS) is 16.1. The molecule has 1 saturated heterocycles. The summed E-state index contributed by atoms with van der Waals surface area (Å²) in [5.41, 5.74) is 6.62. The van der Waals surface area contributed by atoms with Crippen LogP contribution in [0.4, 0.5) is 5.69 Å². The second kappa shape index (κ2) is 8.55. The van der Waals surface area contributed by atoms with E-state index in [1.807, 2.05) is 0 Å². The van der Waals surface area contributed by atoms with E-state index >= 15 is 0 Å². The van der Waals surface area contributed by atoms with E-state index in [2.05, 4.69) is 15.2 Å². The number of hydrogen-bond donors (Lipinski definition) is 3. The number of carbonyl (C=O) groups is 2. The largest absolute Gasteiger partial charge is 0.481 e. The minimum atomic E-state index is -0.783. The van der Waals surface area contributed by atoms with Gasteiger partial charge in [-0.05, 0) is 63.9 Å². The maximum absolute atomic E-state index is 12.8. The molecule has 0 spiro atoms. The van der Waals surface area contributed by atoms with Crippen molar-refractivity contribution in [1.82, 2.24) is 15.2 Å². The Bertz CT molecular complexity index is 924. The third kappa shape index (κ3) is 4.79. The lowest BCUT2D eigenvalue weighted by atomic mass is 9.90. The number of halogens is 1. The van der Waals surface area contributed by atoms with Gasteiger partial charge >= 0.3 is 5.97 Å². The fraction of sp³-hybridized carbons (Fsp3) is 0.476. The number of aromatic nitrogens is 1. The highest BCUT2D eigenvalue weighted by atomic mass is 35.5.